The van der Waals surface area contributed by atoms with Crippen LogP contribution in [-0.4, -0.2) is 15.7 Å². The zero-order chi connectivity index (χ0) is 12.5. The van der Waals surface area contributed by atoms with E-state index in [4.69, 9.17) is 0 Å². The number of rotatable bonds is 1. The van der Waals surface area contributed by atoms with E-state index in [9.17, 15) is 4.79 Å². The van der Waals surface area contributed by atoms with Gasteiger partial charge in [-0.3, -0.25) is 4.79 Å². The van der Waals surface area contributed by atoms with Crippen LogP contribution in [0.2, 0.25) is 0 Å². The smallest absolute Gasteiger partial charge is 0.267 e. The van der Waals surface area contributed by atoms with Crippen LogP contribution < -0.4 is 0 Å². The molecule has 1 aromatic carbocycles. The second kappa shape index (κ2) is 4.17. The molecule has 0 N–H and O–H groups in total. The zero-order valence-corrected chi connectivity index (χ0v) is 10.3. The lowest BCUT2D eigenvalue weighted by atomic mass is 9.87. The normalized spacial score (nSPS) is 11.5. The van der Waals surface area contributed by atoms with E-state index >= 15 is 0 Å². The highest BCUT2D eigenvalue weighted by Gasteiger charge is 2.14. The Bertz CT molecular complexity index is 504. The van der Waals surface area contributed by atoms with Crippen molar-refractivity contribution < 1.29 is 4.79 Å². The van der Waals surface area contributed by atoms with Crippen molar-refractivity contribution in [1.82, 2.24) is 9.78 Å². The fourth-order valence-corrected chi connectivity index (χ4v) is 1.63. The van der Waals surface area contributed by atoms with Crippen LogP contribution in [0.4, 0.5) is 0 Å². The molecule has 0 atom stereocenters. The van der Waals surface area contributed by atoms with Crippen molar-refractivity contribution in [1.29, 1.82) is 0 Å². The molecule has 17 heavy (non-hydrogen) atoms. The fourth-order valence-electron chi connectivity index (χ4n) is 1.63. The summed E-state index contributed by atoms with van der Waals surface area (Å²) in [5, 5.41) is 3.93. The first-order chi connectivity index (χ1) is 7.98. The number of carbonyl (C=O) groups excluding carboxylic acids is 1. The molecule has 0 aliphatic carbocycles. The van der Waals surface area contributed by atoms with Gasteiger partial charge in [0.1, 0.15) is 0 Å². The zero-order valence-electron chi connectivity index (χ0n) is 10.3. The average Bonchev–Trinajstić information content (AvgIpc) is 2.80. The van der Waals surface area contributed by atoms with Crippen LogP contribution in [0.3, 0.4) is 0 Å². The molecule has 0 saturated heterocycles. The van der Waals surface area contributed by atoms with Gasteiger partial charge in [-0.05, 0) is 29.2 Å². The summed E-state index contributed by atoms with van der Waals surface area (Å²) in [7, 11) is 0. The van der Waals surface area contributed by atoms with E-state index < -0.39 is 0 Å². The molecule has 3 heteroatoms. The predicted octanol–water partition coefficient (Wildman–Crippen LogP) is 2.87. The molecule has 0 saturated carbocycles. The molecule has 2 rings (SSSR count). The van der Waals surface area contributed by atoms with Crippen molar-refractivity contribution >= 4 is 5.91 Å². The largest absolute Gasteiger partial charge is 0.278 e. The molecular formula is C14H16N2O. The van der Waals surface area contributed by atoms with Gasteiger partial charge in [0.2, 0.25) is 0 Å². The highest BCUT2D eigenvalue weighted by Crippen LogP contribution is 2.22. The van der Waals surface area contributed by atoms with E-state index in [0.717, 1.165) is 0 Å². The Labute approximate surface area is 101 Å². The van der Waals surface area contributed by atoms with Gasteiger partial charge in [0.05, 0.1) is 0 Å². The lowest BCUT2D eigenvalue weighted by Crippen LogP contribution is -2.14. The van der Waals surface area contributed by atoms with Gasteiger partial charge in [0.25, 0.3) is 5.91 Å². The van der Waals surface area contributed by atoms with Crippen molar-refractivity contribution in [2.45, 2.75) is 26.2 Å². The van der Waals surface area contributed by atoms with Gasteiger partial charge >= 0.3 is 0 Å². The summed E-state index contributed by atoms with van der Waals surface area (Å²) in [6.07, 6.45) is 3.25. The van der Waals surface area contributed by atoms with Crippen molar-refractivity contribution in [3.63, 3.8) is 0 Å². The van der Waals surface area contributed by atoms with Gasteiger partial charge in [0.15, 0.2) is 0 Å². The summed E-state index contributed by atoms with van der Waals surface area (Å²) >= 11 is 0. The third kappa shape index (κ3) is 2.44. The van der Waals surface area contributed by atoms with Crippen LogP contribution in [-0.2, 0) is 5.41 Å². The number of aromatic nitrogens is 2. The first kappa shape index (κ1) is 11.6. The third-order valence-corrected chi connectivity index (χ3v) is 2.71. The Morgan fingerprint density at radius 2 is 1.82 bits per heavy atom. The molecule has 0 bridgehead atoms. The monoisotopic (exact) mass is 228 g/mol. The first-order valence-electron chi connectivity index (χ1n) is 5.63. The van der Waals surface area contributed by atoms with Crippen LogP contribution in [0.15, 0.2) is 42.7 Å². The van der Waals surface area contributed by atoms with E-state index in [1.54, 1.807) is 18.5 Å². The minimum atomic E-state index is -0.101. The molecule has 88 valence electrons. The Kier molecular flexibility index (Phi) is 2.84. The average molecular weight is 228 g/mol. The Hall–Kier alpha value is -1.90. The van der Waals surface area contributed by atoms with E-state index in [1.165, 1.54) is 10.2 Å². The second-order valence-corrected chi connectivity index (χ2v) is 5.08. The molecule has 0 spiro atoms. The molecule has 0 radical (unpaired) electrons. The predicted molar refractivity (Wildman–Crippen MR) is 67.1 cm³/mol. The number of nitrogens with zero attached hydrogens (tertiary/aromatic N) is 2. The number of hydrogen-bond donors (Lipinski definition) is 0. The molecule has 0 aliphatic rings. The van der Waals surface area contributed by atoms with Crippen LogP contribution in [0.25, 0.3) is 0 Å². The second-order valence-electron chi connectivity index (χ2n) is 5.08. The highest BCUT2D eigenvalue weighted by molar-refractivity contribution is 5.95. The lowest BCUT2D eigenvalue weighted by molar-refractivity contribution is 0.0945. The van der Waals surface area contributed by atoms with Crippen LogP contribution >= 0.6 is 0 Å². The first-order valence-corrected chi connectivity index (χ1v) is 5.63. The Balaban J connectivity index is 2.28. The van der Waals surface area contributed by atoms with Crippen molar-refractivity contribution in [3.8, 4) is 0 Å². The summed E-state index contributed by atoms with van der Waals surface area (Å²) in [6.45, 7) is 6.45. The summed E-state index contributed by atoms with van der Waals surface area (Å²) in [6, 6.07) is 9.43. The van der Waals surface area contributed by atoms with Gasteiger partial charge < -0.3 is 0 Å². The summed E-state index contributed by atoms with van der Waals surface area (Å²) in [4.78, 5) is 12.0. The van der Waals surface area contributed by atoms with Crippen LogP contribution in [0.5, 0.6) is 0 Å². The molecule has 0 aliphatic heterocycles. The standard InChI is InChI=1S/C14H16N2O/c1-14(2,3)12-7-5-11(6-8-12)13(17)16-10-4-9-15-16/h4-10H,1-3H3. The molecular weight excluding hydrogens is 212 g/mol. The van der Waals surface area contributed by atoms with E-state index in [0.29, 0.717) is 5.56 Å². The third-order valence-electron chi connectivity index (χ3n) is 2.71. The Morgan fingerprint density at radius 1 is 1.18 bits per heavy atom. The Morgan fingerprint density at radius 3 is 2.29 bits per heavy atom. The van der Waals surface area contributed by atoms with E-state index in [1.807, 2.05) is 24.3 Å². The SMILES string of the molecule is CC(C)(C)c1ccc(C(=O)n2cccn2)cc1. The van der Waals surface area contributed by atoms with Gasteiger partial charge in [-0.2, -0.15) is 5.10 Å². The van der Waals surface area contributed by atoms with Crippen LogP contribution in [0, 0.1) is 0 Å². The van der Waals surface area contributed by atoms with Gasteiger partial charge in [-0.15, -0.1) is 0 Å². The maximum atomic E-state index is 12.0. The van der Waals surface area contributed by atoms with Gasteiger partial charge in [-0.1, -0.05) is 32.9 Å². The number of benzene rings is 1. The molecule has 2 aromatic rings. The van der Waals surface area contributed by atoms with Crippen molar-refractivity contribution in [3.05, 3.63) is 53.9 Å². The van der Waals surface area contributed by atoms with Crippen molar-refractivity contribution in [2.75, 3.05) is 0 Å². The maximum Gasteiger partial charge on any atom is 0.278 e. The molecule has 1 aromatic heterocycles. The summed E-state index contributed by atoms with van der Waals surface area (Å²) in [5.41, 5.74) is 1.98. The molecule has 0 fully saturated rings. The van der Waals surface area contributed by atoms with Gasteiger partial charge in [0, 0.05) is 18.0 Å². The highest BCUT2D eigenvalue weighted by atomic mass is 16.2. The maximum absolute atomic E-state index is 12.0. The quantitative estimate of drug-likeness (QED) is 0.752. The number of hydrogen-bond acceptors (Lipinski definition) is 2. The minimum absolute atomic E-state index is 0.101. The topological polar surface area (TPSA) is 34.9 Å². The van der Waals surface area contributed by atoms with E-state index in [-0.39, 0.29) is 11.3 Å². The molecule has 0 unspecified atom stereocenters. The number of carbonyl (C=O) groups is 1. The molecule has 3 nitrogen and oxygen atoms in total. The lowest BCUT2D eigenvalue weighted by Gasteiger charge is -2.18. The molecule has 1 heterocycles. The summed E-state index contributed by atoms with van der Waals surface area (Å²) in [5.74, 6) is -0.101. The minimum Gasteiger partial charge on any atom is -0.267 e. The van der Waals surface area contributed by atoms with E-state index in [2.05, 4.69) is 25.9 Å². The summed E-state index contributed by atoms with van der Waals surface area (Å²) < 4.78 is 1.34. The van der Waals surface area contributed by atoms with Crippen molar-refractivity contribution in [2.24, 2.45) is 0 Å². The van der Waals surface area contributed by atoms with Gasteiger partial charge in [-0.25, -0.2) is 4.68 Å². The molecule has 0 amide bonds. The van der Waals surface area contributed by atoms with Crippen LogP contribution in [0.1, 0.15) is 36.7 Å². The fraction of sp³-hybridized carbons (Fsp3) is 0.286.